The molecule has 1 N–H and O–H groups in total. The first-order chi connectivity index (χ1) is 12.1. The number of nitrogens with zero attached hydrogens (tertiary/aromatic N) is 2. The van der Waals surface area contributed by atoms with Gasteiger partial charge in [0.05, 0.1) is 11.3 Å². The summed E-state index contributed by atoms with van der Waals surface area (Å²) in [7, 11) is 0. The first kappa shape index (κ1) is 18.4. The van der Waals surface area contributed by atoms with Gasteiger partial charge in [0.15, 0.2) is 0 Å². The van der Waals surface area contributed by atoms with Crippen LogP contribution >= 0.6 is 0 Å². The third kappa shape index (κ3) is 3.74. The Labute approximate surface area is 143 Å². The average Bonchev–Trinajstić information content (AvgIpc) is 2.53. The monoisotopic (exact) mass is 377 g/mol. The summed E-state index contributed by atoms with van der Waals surface area (Å²) in [6.45, 7) is 0.00872. The zero-order chi connectivity index (χ0) is 19.1. The number of aromatic nitrogens is 2. The topological polar surface area (TPSA) is 49.0 Å². The number of fused-ring (bicyclic) bond motifs is 1. The fraction of sp³-hybridized carbons (Fsp3) is 0.375. The zero-order valence-corrected chi connectivity index (χ0v) is 13.2. The second kappa shape index (κ2) is 6.42. The first-order valence-corrected chi connectivity index (χ1v) is 7.62. The standard InChI is InChI=1S/C16H13F6N3O/c17-15(18,19)11-4-2-1-3-9(11)7-25-6-5-10-12(8-25)23-14(16(20,21)22)24-13(10)26/h1-4H,5-8H2,(H,23,24,26). The van der Waals surface area contributed by atoms with Gasteiger partial charge < -0.3 is 4.98 Å². The lowest BCUT2D eigenvalue weighted by Crippen LogP contribution is -2.36. The van der Waals surface area contributed by atoms with Crippen molar-refractivity contribution in [1.82, 2.24) is 14.9 Å². The summed E-state index contributed by atoms with van der Waals surface area (Å²) in [6, 6.07) is 5.02. The Hall–Kier alpha value is -2.36. The summed E-state index contributed by atoms with van der Waals surface area (Å²) in [5, 5.41) is 0. The van der Waals surface area contributed by atoms with E-state index in [0.29, 0.717) is 0 Å². The molecule has 0 saturated heterocycles. The molecule has 0 bridgehead atoms. The maximum atomic E-state index is 13.1. The van der Waals surface area contributed by atoms with Gasteiger partial charge in [-0.2, -0.15) is 26.3 Å². The molecule has 3 rings (SSSR count). The summed E-state index contributed by atoms with van der Waals surface area (Å²) in [4.78, 5) is 18.5. The predicted octanol–water partition coefficient (Wildman–Crippen LogP) is 3.37. The molecule has 1 aromatic carbocycles. The molecular weight excluding hydrogens is 364 g/mol. The Kier molecular flexibility index (Phi) is 4.55. The van der Waals surface area contributed by atoms with Crippen molar-refractivity contribution in [2.45, 2.75) is 31.9 Å². The molecule has 0 saturated carbocycles. The predicted molar refractivity (Wildman–Crippen MR) is 79.1 cm³/mol. The Morgan fingerprint density at radius 3 is 2.42 bits per heavy atom. The van der Waals surface area contributed by atoms with E-state index >= 15 is 0 Å². The molecule has 140 valence electrons. The fourth-order valence-corrected chi connectivity index (χ4v) is 2.94. The van der Waals surface area contributed by atoms with E-state index in [4.69, 9.17) is 0 Å². The number of hydrogen-bond acceptors (Lipinski definition) is 3. The van der Waals surface area contributed by atoms with E-state index in [2.05, 4.69) is 4.98 Å². The van der Waals surface area contributed by atoms with Gasteiger partial charge in [-0.1, -0.05) is 18.2 Å². The average molecular weight is 377 g/mol. The van der Waals surface area contributed by atoms with Crippen molar-refractivity contribution in [3.8, 4) is 0 Å². The van der Waals surface area contributed by atoms with Gasteiger partial charge in [0.2, 0.25) is 5.82 Å². The highest BCUT2D eigenvalue weighted by Gasteiger charge is 2.36. The lowest BCUT2D eigenvalue weighted by molar-refractivity contribution is -0.145. The van der Waals surface area contributed by atoms with E-state index in [1.807, 2.05) is 0 Å². The summed E-state index contributed by atoms with van der Waals surface area (Å²) < 4.78 is 77.6. The van der Waals surface area contributed by atoms with Crippen LogP contribution < -0.4 is 5.56 Å². The molecule has 0 fully saturated rings. The van der Waals surface area contributed by atoms with Gasteiger partial charge in [-0.05, 0) is 18.1 Å². The van der Waals surface area contributed by atoms with Gasteiger partial charge in [0.1, 0.15) is 0 Å². The molecule has 2 heterocycles. The van der Waals surface area contributed by atoms with Gasteiger partial charge in [-0.3, -0.25) is 9.69 Å². The molecular formula is C16H13F6N3O. The number of rotatable bonds is 2. The van der Waals surface area contributed by atoms with E-state index in [-0.39, 0.29) is 42.9 Å². The molecule has 0 amide bonds. The quantitative estimate of drug-likeness (QED) is 0.817. The van der Waals surface area contributed by atoms with Gasteiger partial charge in [0, 0.05) is 25.2 Å². The highest BCUT2D eigenvalue weighted by molar-refractivity contribution is 5.30. The second-order valence-corrected chi connectivity index (χ2v) is 5.95. The minimum Gasteiger partial charge on any atom is -0.303 e. The highest BCUT2D eigenvalue weighted by Crippen LogP contribution is 2.33. The van der Waals surface area contributed by atoms with Crippen LogP contribution in [0.3, 0.4) is 0 Å². The van der Waals surface area contributed by atoms with E-state index in [9.17, 15) is 31.1 Å². The molecule has 0 unspecified atom stereocenters. The second-order valence-electron chi connectivity index (χ2n) is 5.95. The summed E-state index contributed by atoms with van der Waals surface area (Å²) in [5.74, 6) is -1.40. The Bertz CT molecular complexity index is 872. The van der Waals surface area contributed by atoms with Crippen LogP contribution in [0.4, 0.5) is 26.3 Å². The molecule has 4 nitrogen and oxygen atoms in total. The third-order valence-electron chi connectivity index (χ3n) is 4.14. The number of H-pyrrole nitrogens is 1. The highest BCUT2D eigenvalue weighted by atomic mass is 19.4. The van der Waals surface area contributed by atoms with Crippen LogP contribution in [0.5, 0.6) is 0 Å². The fourth-order valence-electron chi connectivity index (χ4n) is 2.94. The molecule has 26 heavy (non-hydrogen) atoms. The Balaban J connectivity index is 1.88. The molecule has 0 spiro atoms. The van der Waals surface area contributed by atoms with E-state index in [0.717, 1.165) is 6.07 Å². The zero-order valence-electron chi connectivity index (χ0n) is 13.2. The van der Waals surface area contributed by atoms with Crippen molar-refractivity contribution >= 4 is 0 Å². The minimum absolute atomic E-state index is 0.0179. The van der Waals surface area contributed by atoms with Crippen LogP contribution in [0, 0.1) is 0 Å². The molecule has 0 radical (unpaired) electrons. The van der Waals surface area contributed by atoms with Gasteiger partial charge in [0.25, 0.3) is 5.56 Å². The van der Waals surface area contributed by atoms with Crippen molar-refractivity contribution in [3.05, 3.63) is 62.8 Å². The summed E-state index contributed by atoms with van der Waals surface area (Å²) in [5.41, 5.74) is -1.56. The largest absolute Gasteiger partial charge is 0.449 e. The number of benzene rings is 1. The molecule has 1 aliphatic heterocycles. The number of hydrogen-bond donors (Lipinski definition) is 1. The van der Waals surface area contributed by atoms with Crippen LogP contribution in [0.15, 0.2) is 29.1 Å². The molecule has 1 aromatic heterocycles. The lowest BCUT2D eigenvalue weighted by atomic mass is 10.0. The normalized spacial score (nSPS) is 15.8. The number of aromatic amines is 1. The van der Waals surface area contributed by atoms with E-state index in [1.165, 1.54) is 18.2 Å². The molecule has 1 aliphatic rings. The molecule has 10 heteroatoms. The molecule has 0 aliphatic carbocycles. The maximum absolute atomic E-state index is 13.1. The van der Waals surface area contributed by atoms with Crippen LogP contribution in [0.25, 0.3) is 0 Å². The van der Waals surface area contributed by atoms with Crippen LogP contribution in [-0.4, -0.2) is 21.4 Å². The van der Waals surface area contributed by atoms with Crippen LogP contribution in [0.2, 0.25) is 0 Å². The maximum Gasteiger partial charge on any atom is 0.449 e. The van der Waals surface area contributed by atoms with E-state index < -0.39 is 29.3 Å². The molecule has 0 atom stereocenters. The molecule has 2 aromatic rings. The summed E-state index contributed by atoms with van der Waals surface area (Å²) in [6.07, 6.45) is -9.22. The lowest BCUT2D eigenvalue weighted by Gasteiger charge is -2.28. The summed E-state index contributed by atoms with van der Waals surface area (Å²) >= 11 is 0. The van der Waals surface area contributed by atoms with Gasteiger partial charge >= 0.3 is 12.4 Å². The van der Waals surface area contributed by atoms with Crippen molar-refractivity contribution in [3.63, 3.8) is 0 Å². The van der Waals surface area contributed by atoms with Gasteiger partial charge in [-0.25, -0.2) is 4.98 Å². The van der Waals surface area contributed by atoms with Crippen LogP contribution in [-0.2, 0) is 31.9 Å². The number of halogens is 6. The Morgan fingerprint density at radius 1 is 1.08 bits per heavy atom. The SMILES string of the molecule is O=c1[nH]c(C(F)(F)F)nc2c1CCN(Cc1ccccc1C(F)(F)F)C2. The van der Waals surface area contributed by atoms with Crippen molar-refractivity contribution in [2.24, 2.45) is 0 Å². The number of nitrogens with one attached hydrogen (secondary N) is 1. The van der Waals surface area contributed by atoms with Crippen LogP contribution in [0.1, 0.15) is 28.2 Å². The van der Waals surface area contributed by atoms with Crippen molar-refractivity contribution < 1.29 is 26.3 Å². The Morgan fingerprint density at radius 2 is 1.77 bits per heavy atom. The minimum atomic E-state index is -4.81. The van der Waals surface area contributed by atoms with Crippen molar-refractivity contribution in [2.75, 3.05) is 6.54 Å². The first-order valence-electron chi connectivity index (χ1n) is 7.62. The smallest absolute Gasteiger partial charge is 0.303 e. The van der Waals surface area contributed by atoms with Gasteiger partial charge in [-0.15, -0.1) is 0 Å². The number of alkyl halides is 6. The third-order valence-corrected chi connectivity index (χ3v) is 4.14. The van der Waals surface area contributed by atoms with Crippen molar-refractivity contribution in [1.29, 1.82) is 0 Å². The van der Waals surface area contributed by atoms with E-state index in [1.54, 1.807) is 9.88 Å².